The van der Waals surface area contributed by atoms with Crippen molar-refractivity contribution in [2.24, 2.45) is 5.73 Å². The van der Waals surface area contributed by atoms with E-state index >= 15 is 0 Å². The number of pyridine rings is 1. The summed E-state index contributed by atoms with van der Waals surface area (Å²) in [5.74, 6) is 0. The molecule has 3 nitrogen and oxygen atoms in total. The quantitative estimate of drug-likeness (QED) is 0.896. The van der Waals surface area contributed by atoms with Crippen LogP contribution in [-0.2, 0) is 0 Å². The summed E-state index contributed by atoms with van der Waals surface area (Å²) in [6.07, 6.45) is 8.47. The fourth-order valence-electron chi connectivity index (χ4n) is 3.16. The first-order valence-electron chi connectivity index (χ1n) is 7.67. The smallest absolute Gasteiger partial charge is 0.0702 e. The molecule has 0 aliphatic heterocycles. The zero-order valence-corrected chi connectivity index (χ0v) is 11.9. The molecule has 1 fully saturated rings. The predicted octanol–water partition coefficient (Wildman–Crippen LogP) is 3.16. The molecular formula is C17H23N3. The number of nitrogens with one attached hydrogen (secondary N) is 1. The summed E-state index contributed by atoms with van der Waals surface area (Å²) in [7, 11) is 0. The molecule has 20 heavy (non-hydrogen) atoms. The molecule has 1 aromatic heterocycles. The Hall–Kier alpha value is -1.45. The van der Waals surface area contributed by atoms with E-state index in [1.54, 1.807) is 0 Å². The van der Waals surface area contributed by atoms with Crippen LogP contribution in [0.15, 0.2) is 36.5 Å². The summed E-state index contributed by atoms with van der Waals surface area (Å²) in [5, 5.41) is 4.93. The third-order valence-corrected chi connectivity index (χ3v) is 4.31. The highest BCUT2D eigenvalue weighted by molar-refractivity contribution is 5.79. The number of nitrogens with two attached hydrogens (primary N) is 1. The molecule has 3 heteroatoms. The molecule has 1 aliphatic carbocycles. The van der Waals surface area contributed by atoms with Crippen molar-refractivity contribution < 1.29 is 0 Å². The van der Waals surface area contributed by atoms with E-state index in [9.17, 15) is 0 Å². The second-order valence-electron chi connectivity index (χ2n) is 5.75. The van der Waals surface area contributed by atoms with Crippen LogP contribution >= 0.6 is 0 Å². The van der Waals surface area contributed by atoms with E-state index < -0.39 is 0 Å². The molecule has 0 bridgehead atoms. The van der Waals surface area contributed by atoms with E-state index in [1.165, 1.54) is 43.1 Å². The van der Waals surface area contributed by atoms with Gasteiger partial charge in [0.25, 0.3) is 0 Å². The van der Waals surface area contributed by atoms with Gasteiger partial charge in [-0.25, -0.2) is 0 Å². The topological polar surface area (TPSA) is 50.9 Å². The average Bonchev–Trinajstić information content (AvgIpc) is 2.53. The van der Waals surface area contributed by atoms with Crippen LogP contribution in [0.3, 0.4) is 0 Å². The minimum absolute atomic E-state index is 0.253. The van der Waals surface area contributed by atoms with Crippen LogP contribution in [0, 0.1) is 0 Å². The molecule has 0 radical (unpaired) electrons. The molecule has 3 N–H and O–H groups in total. The molecule has 1 atom stereocenters. The summed E-state index contributed by atoms with van der Waals surface area (Å²) in [6.45, 7) is 0.641. The SMILES string of the molecule is NCC(NC1CCCCC1)c1ccc2ncccc2c1. The highest BCUT2D eigenvalue weighted by Gasteiger charge is 2.18. The molecule has 0 amide bonds. The standard InChI is InChI=1S/C17H23N3/c18-12-17(20-15-6-2-1-3-7-15)14-8-9-16-13(11-14)5-4-10-19-16/h4-5,8-11,15,17,20H,1-3,6-7,12,18H2. The van der Waals surface area contributed by atoms with Gasteiger partial charge in [-0.15, -0.1) is 0 Å². The molecule has 0 saturated heterocycles. The number of nitrogens with zero attached hydrogens (tertiary/aromatic N) is 1. The highest BCUT2D eigenvalue weighted by atomic mass is 15.0. The number of fused-ring (bicyclic) bond motifs is 1. The Morgan fingerprint density at radius 3 is 2.85 bits per heavy atom. The zero-order chi connectivity index (χ0) is 13.8. The molecule has 1 heterocycles. The van der Waals surface area contributed by atoms with Crippen LogP contribution in [-0.4, -0.2) is 17.6 Å². The molecule has 1 unspecified atom stereocenters. The van der Waals surface area contributed by atoms with Gasteiger partial charge in [0, 0.05) is 30.2 Å². The lowest BCUT2D eigenvalue weighted by Crippen LogP contribution is -2.37. The Balaban J connectivity index is 1.79. The van der Waals surface area contributed by atoms with Crippen molar-refractivity contribution in [1.29, 1.82) is 0 Å². The largest absolute Gasteiger partial charge is 0.329 e. The summed E-state index contributed by atoms with van der Waals surface area (Å²) in [4.78, 5) is 4.37. The van der Waals surface area contributed by atoms with Crippen LogP contribution in [0.2, 0.25) is 0 Å². The molecule has 1 aliphatic rings. The third-order valence-electron chi connectivity index (χ3n) is 4.31. The lowest BCUT2D eigenvalue weighted by Gasteiger charge is -2.28. The Kier molecular flexibility index (Phi) is 4.28. The van der Waals surface area contributed by atoms with Gasteiger partial charge in [-0.05, 0) is 36.6 Å². The summed E-state index contributed by atoms with van der Waals surface area (Å²) in [5.41, 5.74) is 8.31. The molecule has 1 aromatic carbocycles. The van der Waals surface area contributed by atoms with E-state index in [-0.39, 0.29) is 6.04 Å². The summed E-state index contributed by atoms with van der Waals surface area (Å²) in [6, 6.07) is 11.4. The Morgan fingerprint density at radius 2 is 2.05 bits per heavy atom. The van der Waals surface area contributed by atoms with Crippen LogP contribution in [0.5, 0.6) is 0 Å². The van der Waals surface area contributed by atoms with Crippen LogP contribution in [0.4, 0.5) is 0 Å². The summed E-state index contributed by atoms with van der Waals surface area (Å²) < 4.78 is 0. The fourth-order valence-corrected chi connectivity index (χ4v) is 3.16. The van der Waals surface area contributed by atoms with Crippen molar-refractivity contribution >= 4 is 10.9 Å². The summed E-state index contributed by atoms with van der Waals surface area (Å²) >= 11 is 0. The Morgan fingerprint density at radius 1 is 1.20 bits per heavy atom. The van der Waals surface area contributed by atoms with Gasteiger partial charge in [-0.2, -0.15) is 0 Å². The van der Waals surface area contributed by atoms with Crippen molar-refractivity contribution in [2.45, 2.75) is 44.2 Å². The first-order valence-corrected chi connectivity index (χ1v) is 7.67. The zero-order valence-electron chi connectivity index (χ0n) is 11.9. The lowest BCUT2D eigenvalue weighted by atomic mass is 9.93. The van der Waals surface area contributed by atoms with Gasteiger partial charge < -0.3 is 11.1 Å². The molecule has 106 valence electrons. The maximum Gasteiger partial charge on any atom is 0.0702 e. The highest BCUT2D eigenvalue weighted by Crippen LogP contribution is 2.23. The number of rotatable bonds is 4. The monoisotopic (exact) mass is 269 g/mol. The normalized spacial score (nSPS) is 18.2. The van der Waals surface area contributed by atoms with E-state index in [4.69, 9.17) is 5.73 Å². The van der Waals surface area contributed by atoms with Gasteiger partial charge in [-0.1, -0.05) is 31.4 Å². The minimum Gasteiger partial charge on any atom is -0.329 e. The first kappa shape index (κ1) is 13.5. The lowest BCUT2D eigenvalue weighted by molar-refractivity contribution is 0.340. The minimum atomic E-state index is 0.253. The maximum atomic E-state index is 5.99. The van der Waals surface area contributed by atoms with Gasteiger partial charge in [0.2, 0.25) is 0 Å². The molecule has 1 saturated carbocycles. The van der Waals surface area contributed by atoms with E-state index in [0.29, 0.717) is 12.6 Å². The van der Waals surface area contributed by atoms with Crippen molar-refractivity contribution in [3.63, 3.8) is 0 Å². The molecule has 3 rings (SSSR count). The van der Waals surface area contributed by atoms with Crippen molar-refractivity contribution in [3.05, 3.63) is 42.1 Å². The third kappa shape index (κ3) is 3.00. The van der Waals surface area contributed by atoms with Crippen molar-refractivity contribution in [2.75, 3.05) is 6.54 Å². The second kappa shape index (κ2) is 6.33. The Labute approximate surface area is 120 Å². The first-order chi connectivity index (χ1) is 9.86. The van der Waals surface area contributed by atoms with E-state index in [0.717, 1.165) is 5.52 Å². The number of hydrogen-bond acceptors (Lipinski definition) is 3. The molecular weight excluding hydrogens is 246 g/mol. The van der Waals surface area contributed by atoms with Gasteiger partial charge >= 0.3 is 0 Å². The van der Waals surface area contributed by atoms with E-state index in [1.807, 2.05) is 12.3 Å². The van der Waals surface area contributed by atoms with Gasteiger partial charge in [-0.3, -0.25) is 4.98 Å². The van der Waals surface area contributed by atoms with Crippen molar-refractivity contribution in [1.82, 2.24) is 10.3 Å². The number of aromatic nitrogens is 1. The average molecular weight is 269 g/mol. The van der Waals surface area contributed by atoms with Crippen LogP contribution in [0.25, 0.3) is 10.9 Å². The van der Waals surface area contributed by atoms with Gasteiger partial charge in [0.1, 0.15) is 0 Å². The molecule has 2 aromatic rings. The maximum absolute atomic E-state index is 5.99. The van der Waals surface area contributed by atoms with Crippen LogP contribution in [0.1, 0.15) is 43.7 Å². The number of hydrogen-bond donors (Lipinski definition) is 2. The number of benzene rings is 1. The molecule has 0 spiro atoms. The van der Waals surface area contributed by atoms with Crippen molar-refractivity contribution in [3.8, 4) is 0 Å². The van der Waals surface area contributed by atoms with E-state index in [2.05, 4.69) is 34.6 Å². The Bertz CT molecular complexity index is 561. The fraction of sp³-hybridized carbons (Fsp3) is 0.471. The predicted molar refractivity (Wildman–Crippen MR) is 83.5 cm³/mol. The van der Waals surface area contributed by atoms with Crippen LogP contribution < -0.4 is 11.1 Å². The van der Waals surface area contributed by atoms with Gasteiger partial charge in [0.15, 0.2) is 0 Å². The van der Waals surface area contributed by atoms with Gasteiger partial charge in [0.05, 0.1) is 5.52 Å². The second-order valence-corrected chi connectivity index (χ2v) is 5.75.